The van der Waals surface area contributed by atoms with Gasteiger partial charge in [-0.05, 0) is 38.1 Å². The Kier molecular flexibility index (Phi) is 6.00. The maximum atomic E-state index is 11.8. The lowest BCUT2D eigenvalue weighted by Crippen LogP contribution is -2.32. The van der Waals surface area contributed by atoms with E-state index in [1.54, 1.807) is 6.07 Å². The Morgan fingerprint density at radius 2 is 1.90 bits per heavy atom. The molecule has 0 aliphatic heterocycles. The van der Waals surface area contributed by atoms with E-state index < -0.39 is 10.0 Å². The van der Waals surface area contributed by atoms with E-state index in [0.717, 1.165) is 12.8 Å². The SMILES string of the molecule is CCC(CC)(CO)CNc1cc(S(=O)(=O)NC)ccc1N. The van der Waals surface area contributed by atoms with Gasteiger partial charge in [0.05, 0.1) is 22.9 Å². The highest BCUT2D eigenvalue weighted by Gasteiger charge is 2.25. The summed E-state index contributed by atoms with van der Waals surface area (Å²) in [5.41, 5.74) is 6.69. The van der Waals surface area contributed by atoms with Crippen molar-refractivity contribution < 1.29 is 13.5 Å². The van der Waals surface area contributed by atoms with Crippen LogP contribution in [-0.4, -0.2) is 33.7 Å². The second-order valence-corrected chi connectivity index (χ2v) is 7.06. The van der Waals surface area contributed by atoms with Gasteiger partial charge in [-0.3, -0.25) is 0 Å². The third kappa shape index (κ3) is 4.09. The van der Waals surface area contributed by atoms with Gasteiger partial charge in [-0.1, -0.05) is 13.8 Å². The summed E-state index contributed by atoms with van der Waals surface area (Å²) in [4.78, 5) is 0.157. The highest BCUT2D eigenvalue weighted by molar-refractivity contribution is 7.89. The van der Waals surface area contributed by atoms with Gasteiger partial charge in [-0.15, -0.1) is 0 Å². The lowest BCUT2D eigenvalue weighted by atomic mass is 9.83. The molecule has 21 heavy (non-hydrogen) atoms. The number of nitrogen functional groups attached to an aromatic ring is 1. The van der Waals surface area contributed by atoms with Gasteiger partial charge in [0.1, 0.15) is 0 Å². The first-order valence-electron chi connectivity index (χ1n) is 7.02. The van der Waals surface area contributed by atoms with Gasteiger partial charge in [0.15, 0.2) is 0 Å². The fourth-order valence-electron chi connectivity index (χ4n) is 2.04. The van der Waals surface area contributed by atoms with E-state index in [2.05, 4.69) is 10.0 Å². The first kappa shape index (κ1) is 17.7. The van der Waals surface area contributed by atoms with Crippen LogP contribution in [0.25, 0.3) is 0 Å². The van der Waals surface area contributed by atoms with Gasteiger partial charge in [0.25, 0.3) is 0 Å². The minimum atomic E-state index is -3.50. The Morgan fingerprint density at radius 3 is 2.38 bits per heavy atom. The minimum Gasteiger partial charge on any atom is -0.397 e. The van der Waals surface area contributed by atoms with Crippen molar-refractivity contribution in [1.29, 1.82) is 0 Å². The van der Waals surface area contributed by atoms with Gasteiger partial charge in [0, 0.05) is 12.0 Å². The van der Waals surface area contributed by atoms with Crippen LogP contribution in [0.3, 0.4) is 0 Å². The Bertz CT molecular complexity index is 561. The molecule has 1 aromatic carbocycles. The molecule has 0 fully saturated rings. The molecule has 0 radical (unpaired) electrons. The molecule has 0 saturated heterocycles. The quantitative estimate of drug-likeness (QED) is 0.543. The minimum absolute atomic E-state index is 0.0708. The summed E-state index contributed by atoms with van der Waals surface area (Å²) < 4.78 is 25.9. The largest absolute Gasteiger partial charge is 0.397 e. The molecule has 0 spiro atoms. The fraction of sp³-hybridized carbons (Fsp3) is 0.571. The summed E-state index contributed by atoms with van der Waals surface area (Å²) in [6, 6.07) is 4.53. The summed E-state index contributed by atoms with van der Waals surface area (Å²) in [5, 5.41) is 12.7. The number of rotatable bonds is 8. The number of aliphatic hydroxyl groups excluding tert-OH is 1. The van der Waals surface area contributed by atoms with Gasteiger partial charge in [-0.2, -0.15) is 0 Å². The number of hydrogen-bond donors (Lipinski definition) is 4. The molecule has 0 amide bonds. The number of nitrogens with one attached hydrogen (secondary N) is 2. The lowest BCUT2D eigenvalue weighted by molar-refractivity contribution is 0.127. The summed E-state index contributed by atoms with van der Waals surface area (Å²) >= 11 is 0. The number of sulfonamides is 1. The van der Waals surface area contributed by atoms with Crippen molar-refractivity contribution in [2.75, 3.05) is 31.2 Å². The molecule has 0 aromatic heterocycles. The second-order valence-electron chi connectivity index (χ2n) is 5.18. The molecule has 0 aliphatic carbocycles. The van der Waals surface area contributed by atoms with Crippen molar-refractivity contribution in [1.82, 2.24) is 4.72 Å². The van der Waals surface area contributed by atoms with Crippen LogP contribution in [0.15, 0.2) is 23.1 Å². The third-order valence-electron chi connectivity index (χ3n) is 4.09. The van der Waals surface area contributed by atoms with E-state index in [4.69, 9.17) is 5.73 Å². The van der Waals surface area contributed by atoms with Crippen LogP contribution in [0.1, 0.15) is 26.7 Å². The van der Waals surface area contributed by atoms with E-state index >= 15 is 0 Å². The maximum Gasteiger partial charge on any atom is 0.240 e. The van der Waals surface area contributed by atoms with E-state index in [-0.39, 0.29) is 16.9 Å². The summed E-state index contributed by atoms with van der Waals surface area (Å²) in [7, 11) is -2.14. The Labute approximate surface area is 126 Å². The zero-order valence-electron chi connectivity index (χ0n) is 12.8. The molecule has 0 saturated carbocycles. The summed E-state index contributed by atoms with van der Waals surface area (Å²) in [5.74, 6) is 0. The molecule has 0 atom stereocenters. The molecule has 0 unspecified atom stereocenters. The predicted octanol–water partition coefficient (Wildman–Crippen LogP) is 1.39. The van der Waals surface area contributed by atoms with Gasteiger partial charge in [-0.25, -0.2) is 13.1 Å². The topological polar surface area (TPSA) is 104 Å². The first-order chi connectivity index (χ1) is 9.84. The van der Waals surface area contributed by atoms with Gasteiger partial charge < -0.3 is 16.2 Å². The zero-order chi connectivity index (χ0) is 16.1. The second kappa shape index (κ2) is 7.11. The predicted molar refractivity (Wildman–Crippen MR) is 85.7 cm³/mol. The highest BCUT2D eigenvalue weighted by atomic mass is 32.2. The van der Waals surface area contributed by atoms with E-state index in [0.29, 0.717) is 17.9 Å². The average molecular weight is 315 g/mol. The van der Waals surface area contributed by atoms with E-state index in [9.17, 15) is 13.5 Å². The van der Waals surface area contributed by atoms with Gasteiger partial charge >= 0.3 is 0 Å². The van der Waals surface area contributed by atoms with Gasteiger partial charge in [0.2, 0.25) is 10.0 Å². The van der Waals surface area contributed by atoms with Crippen molar-refractivity contribution >= 4 is 21.4 Å². The van der Waals surface area contributed by atoms with Crippen LogP contribution in [0.4, 0.5) is 11.4 Å². The van der Waals surface area contributed by atoms with Crippen molar-refractivity contribution in [2.45, 2.75) is 31.6 Å². The maximum absolute atomic E-state index is 11.8. The smallest absolute Gasteiger partial charge is 0.240 e. The molecule has 0 bridgehead atoms. The molecule has 1 rings (SSSR count). The van der Waals surface area contributed by atoms with Crippen LogP contribution in [-0.2, 0) is 10.0 Å². The Hall–Kier alpha value is -1.31. The number of anilines is 2. The van der Waals surface area contributed by atoms with E-state index in [1.165, 1.54) is 19.2 Å². The highest BCUT2D eigenvalue weighted by Crippen LogP contribution is 2.28. The molecular formula is C14H25N3O3S. The van der Waals surface area contributed by atoms with Crippen LogP contribution in [0, 0.1) is 5.41 Å². The molecule has 5 N–H and O–H groups in total. The molecule has 120 valence electrons. The average Bonchev–Trinajstić information content (AvgIpc) is 2.50. The molecule has 6 nitrogen and oxygen atoms in total. The van der Waals surface area contributed by atoms with Crippen LogP contribution < -0.4 is 15.8 Å². The molecule has 7 heteroatoms. The first-order valence-corrected chi connectivity index (χ1v) is 8.50. The lowest BCUT2D eigenvalue weighted by Gasteiger charge is -2.30. The Morgan fingerprint density at radius 1 is 1.29 bits per heavy atom. The molecule has 0 heterocycles. The number of nitrogens with two attached hydrogens (primary N) is 1. The normalized spacial score (nSPS) is 12.4. The molecular weight excluding hydrogens is 290 g/mol. The molecule has 1 aromatic rings. The number of hydrogen-bond acceptors (Lipinski definition) is 5. The monoisotopic (exact) mass is 315 g/mol. The van der Waals surface area contributed by atoms with Crippen molar-refractivity contribution in [3.05, 3.63) is 18.2 Å². The number of aliphatic hydroxyl groups is 1. The summed E-state index contributed by atoms with van der Waals surface area (Å²) in [6.45, 7) is 4.64. The van der Waals surface area contributed by atoms with Crippen LogP contribution >= 0.6 is 0 Å². The third-order valence-corrected chi connectivity index (χ3v) is 5.51. The standard InChI is InChI=1S/C14H25N3O3S/c1-4-14(5-2,10-18)9-17-13-8-11(6-7-12(13)15)21(19,20)16-3/h6-8,16-18H,4-5,9-10,15H2,1-3H3. The summed E-state index contributed by atoms with van der Waals surface area (Å²) in [6.07, 6.45) is 1.64. The fourth-order valence-corrected chi connectivity index (χ4v) is 2.79. The van der Waals surface area contributed by atoms with Crippen LogP contribution in [0.2, 0.25) is 0 Å². The van der Waals surface area contributed by atoms with E-state index in [1.807, 2.05) is 13.8 Å². The zero-order valence-corrected chi connectivity index (χ0v) is 13.6. The Balaban J connectivity index is 3.01. The number of benzene rings is 1. The van der Waals surface area contributed by atoms with Crippen molar-refractivity contribution in [3.8, 4) is 0 Å². The van der Waals surface area contributed by atoms with Crippen molar-refractivity contribution in [2.24, 2.45) is 5.41 Å². The van der Waals surface area contributed by atoms with Crippen LogP contribution in [0.5, 0.6) is 0 Å². The van der Waals surface area contributed by atoms with Crippen molar-refractivity contribution in [3.63, 3.8) is 0 Å². The molecule has 0 aliphatic rings.